The van der Waals surface area contributed by atoms with Crippen LogP contribution in [0.1, 0.15) is 40.5 Å². The van der Waals surface area contributed by atoms with Crippen LogP contribution in [0, 0.1) is 17.8 Å². The summed E-state index contributed by atoms with van der Waals surface area (Å²) in [4.78, 5) is 13.7. The van der Waals surface area contributed by atoms with Gasteiger partial charge >= 0.3 is 0 Å². The van der Waals surface area contributed by atoms with Crippen LogP contribution < -0.4 is 0 Å². The molecule has 1 aliphatic rings. The number of carbonyl (C=O) groups excluding carboxylic acids is 1. The van der Waals surface area contributed by atoms with Gasteiger partial charge in [-0.05, 0) is 24.2 Å². The molecular formula is C12H23NO. The van der Waals surface area contributed by atoms with Gasteiger partial charge in [0.05, 0.1) is 0 Å². The van der Waals surface area contributed by atoms with Crippen molar-refractivity contribution in [3.63, 3.8) is 0 Å². The van der Waals surface area contributed by atoms with Crippen molar-refractivity contribution < 1.29 is 4.79 Å². The molecule has 0 aromatic rings. The Balaban J connectivity index is 2.51. The molecule has 0 radical (unpaired) electrons. The van der Waals surface area contributed by atoms with Crippen LogP contribution in [0.5, 0.6) is 0 Å². The van der Waals surface area contributed by atoms with Crippen molar-refractivity contribution in [2.24, 2.45) is 17.8 Å². The molecule has 1 unspecified atom stereocenters. The summed E-state index contributed by atoms with van der Waals surface area (Å²) in [5.74, 6) is 2.37. The maximum absolute atomic E-state index is 11.6. The molecule has 82 valence electrons. The van der Waals surface area contributed by atoms with E-state index in [-0.39, 0.29) is 0 Å². The maximum Gasteiger partial charge on any atom is 0.222 e. The second-order valence-electron chi connectivity index (χ2n) is 5.24. The molecule has 0 spiro atoms. The monoisotopic (exact) mass is 197 g/mol. The quantitative estimate of drug-likeness (QED) is 0.681. The number of hydrogen-bond donors (Lipinski definition) is 0. The standard InChI is InChI=1S/C12H23NO/c1-9(2)7-13-8-11(10(3)4)5-6-12(13)14/h9-11H,5-8H2,1-4H3. The Morgan fingerprint density at radius 2 is 2.00 bits per heavy atom. The van der Waals surface area contributed by atoms with Gasteiger partial charge in [-0.2, -0.15) is 0 Å². The van der Waals surface area contributed by atoms with E-state index >= 15 is 0 Å². The fourth-order valence-corrected chi connectivity index (χ4v) is 2.10. The van der Waals surface area contributed by atoms with Crippen molar-refractivity contribution in [3.05, 3.63) is 0 Å². The van der Waals surface area contributed by atoms with Crippen molar-refractivity contribution in [2.75, 3.05) is 13.1 Å². The molecule has 14 heavy (non-hydrogen) atoms. The van der Waals surface area contributed by atoms with Gasteiger partial charge in [-0.3, -0.25) is 4.79 Å². The third-order valence-electron chi connectivity index (χ3n) is 3.06. The average Bonchev–Trinajstić information content (AvgIpc) is 2.07. The van der Waals surface area contributed by atoms with Gasteiger partial charge in [0.25, 0.3) is 0 Å². The summed E-state index contributed by atoms with van der Waals surface area (Å²) < 4.78 is 0. The Kier molecular flexibility index (Phi) is 3.97. The van der Waals surface area contributed by atoms with Crippen molar-refractivity contribution >= 4 is 5.91 Å². The molecule has 1 amide bonds. The van der Waals surface area contributed by atoms with E-state index in [1.54, 1.807) is 0 Å². The minimum Gasteiger partial charge on any atom is -0.342 e. The van der Waals surface area contributed by atoms with Crippen molar-refractivity contribution in [3.8, 4) is 0 Å². The molecule has 0 bridgehead atoms. The first-order valence-electron chi connectivity index (χ1n) is 5.78. The summed E-state index contributed by atoms with van der Waals surface area (Å²) in [6, 6.07) is 0. The third-order valence-corrected chi connectivity index (χ3v) is 3.06. The summed E-state index contributed by atoms with van der Waals surface area (Å²) in [7, 11) is 0. The lowest BCUT2D eigenvalue weighted by molar-refractivity contribution is -0.135. The lowest BCUT2D eigenvalue weighted by Gasteiger charge is -2.35. The van der Waals surface area contributed by atoms with E-state index in [0.29, 0.717) is 23.7 Å². The summed E-state index contributed by atoms with van der Waals surface area (Å²) in [5.41, 5.74) is 0. The minimum absolute atomic E-state index is 0.357. The molecule has 1 saturated heterocycles. The first-order chi connectivity index (χ1) is 6.50. The normalized spacial score (nSPS) is 23.7. The van der Waals surface area contributed by atoms with Crippen molar-refractivity contribution in [1.29, 1.82) is 0 Å². The minimum atomic E-state index is 0.357. The second-order valence-corrected chi connectivity index (χ2v) is 5.24. The van der Waals surface area contributed by atoms with E-state index < -0.39 is 0 Å². The molecule has 1 atom stereocenters. The smallest absolute Gasteiger partial charge is 0.222 e. The van der Waals surface area contributed by atoms with E-state index in [1.807, 2.05) is 0 Å². The zero-order valence-electron chi connectivity index (χ0n) is 9.92. The van der Waals surface area contributed by atoms with E-state index in [1.165, 1.54) is 0 Å². The number of rotatable bonds is 3. The van der Waals surface area contributed by atoms with Gasteiger partial charge < -0.3 is 4.90 Å². The molecule has 2 heteroatoms. The number of likely N-dealkylation sites (tertiary alicyclic amines) is 1. The highest BCUT2D eigenvalue weighted by atomic mass is 16.2. The number of hydrogen-bond acceptors (Lipinski definition) is 1. The van der Waals surface area contributed by atoms with Gasteiger partial charge in [-0.25, -0.2) is 0 Å². The molecule has 1 heterocycles. The highest BCUT2D eigenvalue weighted by Gasteiger charge is 2.27. The summed E-state index contributed by atoms with van der Waals surface area (Å²) >= 11 is 0. The van der Waals surface area contributed by atoms with Crippen molar-refractivity contribution in [2.45, 2.75) is 40.5 Å². The first-order valence-corrected chi connectivity index (χ1v) is 5.78. The highest BCUT2D eigenvalue weighted by molar-refractivity contribution is 5.76. The Labute approximate surface area is 87.7 Å². The molecule has 0 aromatic heterocycles. The SMILES string of the molecule is CC(C)CN1CC(C(C)C)CCC1=O. The molecule has 0 saturated carbocycles. The van der Waals surface area contributed by atoms with E-state index in [9.17, 15) is 4.79 Å². The number of piperidine rings is 1. The van der Waals surface area contributed by atoms with Crippen LogP contribution >= 0.6 is 0 Å². The molecule has 1 rings (SSSR count). The summed E-state index contributed by atoms with van der Waals surface area (Å²) in [6.07, 6.45) is 1.85. The Hall–Kier alpha value is -0.530. The largest absolute Gasteiger partial charge is 0.342 e. The zero-order valence-corrected chi connectivity index (χ0v) is 9.92. The molecule has 0 aliphatic carbocycles. The Morgan fingerprint density at radius 3 is 2.50 bits per heavy atom. The number of amides is 1. The molecule has 1 aliphatic heterocycles. The Bertz CT molecular complexity index is 198. The van der Waals surface area contributed by atoms with Crippen LogP contribution in [0.4, 0.5) is 0 Å². The van der Waals surface area contributed by atoms with Gasteiger partial charge in [0.2, 0.25) is 5.91 Å². The molecule has 2 nitrogen and oxygen atoms in total. The molecule has 0 aromatic carbocycles. The van der Waals surface area contributed by atoms with Crippen LogP contribution in [0.3, 0.4) is 0 Å². The van der Waals surface area contributed by atoms with Gasteiger partial charge in [0.1, 0.15) is 0 Å². The highest BCUT2D eigenvalue weighted by Crippen LogP contribution is 2.24. The predicted molar refractivity (Wildman–Crippen MR) is 59.0 cm³/mol. The zero-order chi connectivity index (χ0) is 10.7. The van der Waals surface area contributed by atoms with Crippen LogP contribution in [-0.2, 0) is 4.79 Å². The topological polar surface area (TPSA) is 20.3 Å². The predicted octanol–water partition coefficient (Wildman–Crippen LogP) is 2.54. The van der Waals surface area contributed by atoms with E-state index in [2.05, 4.69) is 32.6 Å². The second kappa shape index (κ2) is 4.81. The van der Waals surface area contributed by atoms with Gasteiger partial charge in [-0.15, -0.1) is 0 Å². The Morgan fingerprint density at radius 1 is 1.36 bits per heavy atom. The van der Waals surface area contributed by atoms with Gasteiger partial charge in [0, 0.05) is 19.5 Å². The van der Waals surface area contributed by atoms with E-state index in [0.717, 1.165) is 25.9 Å². The van der Waals surface area contributed by atoms with Gasteiger partial charge in [-0.1, -0.05) is 27.7 Å². The third kappa shape index (κ3) is 3.00. The molecule has 0 N–H and O–H groups in total. The molecular weight excluding hydrogens is 174 g/mol. The van der Waals surface area contributed by atoms with Crippen LogP contribution in [0.2, 0.25) is 0 Å². The summed E-state index contributed by atoms with van der Waals surface area (Å²) in [6.45, 7) is 10.8. The molecule has 1 fully saturated rings. The number of carbonyl (C=O) groups is 1. The van der Waals surface area contributed by atoms with Crippen LogP contribution in [-0.4, -0.2) is 23.9 Å². The first kappa shape index (κ1) is 11.5. The lowest BCUT2D eigenvalue weighted by atomic mass is 9.87. The average molecular weight is 197 g/mol. The maximum atomic E-state index is 11.6. The van der Waals surface area contributed by atoms with Crippen LogP contribution in [0.25, 0.3) is 0 Å². The van der Waals surface area contributed by atoms with Gasteiger partial charge in [0.15, 0.2) is 0 Å². The van der Waals surface area contributed by atoms with Crippen molar-refractivity contribution in [1.82, 2.24) is 4.90 Å². The lowest BCUT2D eigenvalue weighted by Crippen LogP contribution is -2.43. The van der Waals surface area contributed by atoms with E-state index in [4.69, 9.17) is 0 Å². The number of nitrogens with zero attached hydrogens (tertiary/aromatic N) is 1. The fraction of sp³-hybridized carbons (Fsp3) is 0.917. The fourth-order valence-electron chi connectivity index (χ4n) is 2.10. The van der Waals surface area contributed by atoms with Crippen LogP contribution in [0.15, 0.2) is 0 Å². The summed E-state index contributed by atoms with van der Waals surface area (Å²) in [5, 5.41) is 0.